The van der Waals surface area contributed by atoms with Crippen molar-refractivity contribution in [3.63, 3.8) is 0 Å². The van der Waals surface area contributed by atoms with Crippen LogP contribution in [0.3, 0.4) is 0 Å². The van der Waals surface area contributed by atoms with Crippen molar-refractivity contribution < 1.29 is 0 Å². The molecule has 1 aromatic carbocycles. The Labute approximate surface area is 135 Å². The Balaban J connectivity index is 2.09. The van der Waals surface area contributed by atoms with Gasteiger partial charge in [0.1, 0.15) is 6.33 Å². The van der Waals surface area contributed by atoms with Gasteiger partial charge in [0.05, 0.1) is 27.0 Å². The van der Waals surface area contributed by atoms with Crippen LogP contribution in [0.1, 0.15) is 0 Å². The Bertz CT molecular complexity index is 910. The van der Waals surface area contributed by atoms with E-state index in [0.29, 0.717) is 27.0 Å². The highest BCUT2D eigenvalue weighted by Crippen LogP contribution is 2.28. The number of aromatic nitrogens is 4. The molecule has 0 radical (unpaired) electrons. The Hall–Kier alpha value is -2.44. The van der Waals surface area contributed by atoms with E-state index in [1.165, 1.54) is 12.5 Å². The zero-order chi connectivity index (χ0) is 15.7. The second-order valence-electron chi connectivity index (χ2n) is 4.43. The van der Waals surface area contributed by atoms with E-state index in [1.807, 2.05) is 0 Å². The molecular formula is C14H9Cl2N5O. The molecule has 0 saturated carbocycles. The number of rotatable bonds is 2. The van der Waals surface area contributed by atoms with Gasteiger partial charge in [-0.2, -0.15) is 0 Å². The van der Waals surface area contributed by atoms with E-state index >= 15 is 0 Å². The summed E-state index contributed by atoms with van der Waals surface area (Å²) in [6.45, 7) is 0. The smallest absolute Gasteiger partial charge is 0.261 e. The van der Waals surface area contributed by atoms with Crippen LogP contribution in [-0.2, 0) is 0 Å². The number of nitrogen functional groups attached to an aromatic ring is 1. The quantitative estimate of drug-likeness (QED) is 0.751. The Morgan fingerprint density at radius 3 is 2.50 bits per heavy atom. The summed E-state index contributed by atoms with van der Waals surface area (Å²) in [5.41, 5.74) is 7.17. The first-order valence-electron chi connectivity index (χ1n) is 6.17. The number of hydrogen-bond donors (Lipinski definition) is 2. The SMILES string of the molecule is Nc1ncc(-c2cc(-c3ccc(Cl)c(Cl)c3)ncn2)c(=O)[nH]1. The van der Waals surface area contributed by atoms with Crippen molar-refractivity contribution in [2.45, 2.75) is 0 Å². The first-order chi connectivity index (χ1) is 10.5. The van der Waals surface area contributed by atoms with Gasteiger partial charge in [0.25, 0.3) is 5.56 Å². The fourth-order valence-corrected chi connectivity index (χ4v) is 2.21. The molecule has 0 unspecified atom stereocenters. The molecule has 22 heavy (non-hydrogen) atoms. The molecule has 0 amide bonds. The van der Waals surface area contributed by atoms with E-state index in [4.69, 9.17) is 28.9 Å². The minimum Gasteiger partial charge on any atom is -0.369 e. The normalized spacial score (nSPS) is 10.6. The average Bonchev–Trinajstić information content (AvgIpc) is 2.50. The summed E-state index contributed by atoms with van der Waals surface area (Å²) >= 11 is 11.9. The van der Waals surface area contributed by atoms with Crippen LogP contribution in [0, 0.1) is 0 Å². The molecule has 110 valence electrons. The fraction of sp³-hybridized carbons (Fsp3) is 0. The van der Waals surface area contributed by atoms with Crippen LogP contribution >= 0.6 is 23.2 Å². The van der Waals surface area contributed by atoms with Crippen LogP contribution in [0.5, 0.6) is 0 Å². The number of H-pyrrole nitrogens is 1. The lowest BCUT2D eigenvalue weighted by atomic mass is 10.1. The van der Waals surface area contributed by atoms with Crippen molar-refractivity contribution in [1.82, 2.24) is 19.9 Å². The topological polar surface area (TPSA) is 97.5 Å². The second kappa shape index (κ2) is 5.75. The van der Waals surface area contributed by atoms with E-state index in [-0.39, 0.29) is 11.5 Å². The first kappa shape index (κ1) is 14.5. The van der Waals surface area contributed by atoms with Crippen LogP contribution in [0.25, 0.3) is 22.5 Å². The lowest BCUT2D eigenvalue weighted by Gasteiger charge is -2.05. The van der Waals surface area contributed by atoms with E-state index < -0.39 is 0 Å². The van der Waals surface area contributed by atoms with Gasteiger partial charge in [-0.15, -0.1) is 0 Å². The van der Waals surface area contributed by atoms with Crippen LogP contribution in [0.15, 0.2) is 41.6 Å². The third-order valence-electron chi connectivity index (χ3n) is 2.98. The molecule has 0 aliphatic rings. The molecule has 6 nitrogen and oxygen atoms in total. The van der Waals surface area contributed by atoms with Crippen LogP contribution in [0.2, 0.25) is 10.0 Å². The fourth-order valence-electron chi connectivity index (χ4n) is 1.91. The van der Waals surface area contributed by atoms with E-state index in [2.05, 4.69) is 19.9 Å². The van der Waals surface area contributed by atoms with Crippen molar-refractivity contribution in [2.24, 2.45) is 0 Å². The number of nitrogens with one attached hydrogen (secondary N) is 1. The van der Waals surface area contributed by atoms with Crippen molar-refractivity contribution in [1.29, 1.82) is 0 Å². The van der Waals surface area contributed by atoms with Gasteiger partial charge in [-0.05, 0) is 18.2 Å². The predicted molar refractivity (Wildman–Crippen MR) is 85.8 cm³/mol. The molecule has 3 rings (SSSR count). The summed E-state index contributed by atoms with van der Waals surface area (Å²) in [6, 6.07) is 6.83. The minimum absolute atomic E-state index is 0.0486. The summed E-state index contributed by atoms with van der Waals surface area (Å²) in [7, 11) is 0. The van der Waals surface area contributed by atoms with Crippen LogP contribution in [0.4, 0.5) is 5.95 Å². The zero-order valence-electron chi connectivity index (χ0n) is 11.0. The molecular weight excluding hydrogens is 325 g/mol. The average molecular weight is 334 g/mol. The van der Waals surface area contributed by atoms with Gasteiger partial charge in [-0.1, -0.05) is 29.3 Å². The maximum absolute atomic E-state index is 11.9. The van der Waals surface area contributed by atoms with Gasteiger partial charge in [0.2, 0.25) is 0 Å². The lowest BCUT2D eigenvalue weighted by Crippen LogP contribution is -2.13. The molecule has 0 saturated heterocycles. The number of aromatic amines is 1. The minimum atomic E-state index is -0.369. The Morgan fingerprint density at radius 1 is 1.00 bits per heavy atom. The molecule has 8 heteroatoms. The molecule has 3 N–H and O–H groups in total. The molecule has 2 heterocycles. The number of benzene rings is 1. The third kappa shape index (κ3) is 2.79. The second-order valence-corrected chi connectivity index (χ2v) is 5.24. The van der Waals surface area contributed by atoms with E-state index in [0.717, 1.165) is 5.56 Å². The number of nitrogens with zero attached hydrogens (tertiary/aromatic N) is 3. The van der Waals surface area contributed by atoms with Crippen LogP contribution in [-0.4, -0.2) is 19.9 Å². The van der Waals surface area contributed by atoms with Gasteiger partial charge in [-0.25, -0.2) is 15.0 Å². The largest absolute Gasteiger partial charge is 0.369 e. The number of anilines is 1. The standard InChI is InChI=1S/C14H9Cl2N5O/c15-9-2-1-7(3-10(9)16)11-4-12(20-6-19-11)8-5-18-14(17)21-13(8)22/h1-6H,(H3,17,18,21,22). The van der Waals surface area contributed by atoms with Gasteiger partial charge in [0.15, 0.2) is 5.95 Å². The first-order valence-corrected chi connectivity index (χ1v) is 6.93. The van der Waals surface area contributed by atoms with E-state index in [9.17, 15) is 4.79 Å². The summed E-state index contributed by atoms with van der Waals surface area (Å²) in [6.07, 6.45) is 2.73. The maximum atomic E-state index is 11.9. The number of nitrogens with two attached hydrogens (primary N) is 1. The monoisotopic (exact) mass is 333 g/mol. The Morgan fingerprint density at radius 2 is 1.77 bits per heavy atom. The molecule has 0 bridgehead atoms. The molecule has 0 spiro atoms. The maximum Gasteiger partial charge on any atom is 0.261 e. The molecule has 0 aliphatic carbocycles. The molecule has 3 aromatic rings. The highest BCUT2D eigenvalue weighted by Gasteiger charge is 2.09. The predicted octanol–water partition coefficient (Wildman–Crippen LogP) is 2.78. The molecule has 0 aliphatic heterocycles. The van der Waals surface area contributed by atoms with Crippen molar-refractivity contribution >= 4 is 29.2 Å². The highest BCUT2D eigenvalue weighted by molar-refractivity contribution is 6.42. The van der Waals surface area contributed by atoms with Crippen molar-refractivity contribution in [3.8, 4) is 22.5 Å². The zero-order valence-corrected chi connectivity index (χ0v) is 12.6. The summed E-state index contributed by atoms with van der Waals surface area (Å²) in [5.74, 6) is 0.0486. The van der Waals surface area contributed by atoms with Gasteiger partial charge < -0.3 is 5.73 Å². The summed E-state index contributed by atoms with van der Waals surface area (Å²) in [5, 5.41) is 0.880. The van der Waals surface area contributed by atoms with Crippen molar-refractivity contribution in [3.05, 3.63) is 57.2 Å². The summed E-state index contributed by atoms with van der Waals surface area (Å²) < 4.78 is 0. The molecule has 0 fully saturated rings. The van der Waals surface area contributed by atoms with Crippen molar-refractivity contribution in [2.75, 3.05) is 5.73 Å². The molecule has 2 aromatic heterocycles. The third-order valence-corrected chi connectivity index (χ3v) is 3.72. The number of halogens is 2. The lowest BCUT2D eigenvalue weighted by molar-refractivity contribution is 1.11. The van der Waals surface area contributed by atoms with Gasteiger partial charge in [-0.3, -0.25) is 9.78 Å². The molecule has 0 atom stereocenters. The summed E-state index contributed by atoms with van der Waals surface area (Å²) in [4.78, 5) is 26.5. The Kier molecular flexibility index (Phi) is 3.79. The van der Waals surface area contributed by atoms with E-state index in [1.54, 1.807) is 24.3 Å². The highest BCUT2D eigenvalue weighted by atomic mass is 35.5. The van der Waals surface area contributed by atoms with Crippen LogP contribution < -0.4 is 11.3 Å². The van der Waals surface area contributed by atoms with Gasteiger partial charge in [0, 0.05) is 11.8 Å². The van der Waals surface area contributed by atoms with Gasteiger partial charge >= 0.3 is 0 Å². The number of hydrogen-bond acceptors (Lipinski definition) is 5.